The van der Waals surface area contributed by atoms with Gasteiger partial charge >= 0.3 is 0 Å². The van der Waals surface area contributed by atoms with Crippen molar-refractivity contribution in [2.75, 3.05) is 20.6 Å². The van der Waals surface area contributed by atoms with Gasteiger partial charge in [-0.2, -0.15) is 0 Å². The predicted octanol–water partition coefficient (Wildman–Crippen LogP) is 4.40. The zero-order valence-electron chi connectivity index (χ0n) is 14.2. The van der Waals surface area contributed by atoms with Crippen LogP contribution in [0.1, 0.15) is 22.9 Å². The van der Waals surface area contributed by atoms with Crippen LogP contribution in [0.15, 0.2) is 48.5 Å². The molecule has 24 heavy (non-hydrogen) atoms. The fourth-order valence-electron chi connectivity index (χ4n) is 3.05. The molecule has 0 aliphatic rings. The van der Waals surface area contributed by atoms with E-state index in [-0.39, 0.29) is 5.82 Å². The Morgan fingerprint density at radius 3 is 2.42 bits per heavy atom. The molecule has 1 unspecified atom stereocenters. The van der Waals surface area contributed by atoms with Gasteiger partial charge in [0, 0.05) is 21.7 Å². The third kappa shape index (κ3) is 3.22. The Morgan fingerprint density at radius 1 is 1.08 bits per heavy atom. The third-order valence-electron chi connectivity index (χ3n) is 4.35. The summed E-state index contributed by atoms with van der Waals surface area (Å²) in [6.07, 6.45) is 0.874. The number of halogens is 1. The highest BCUT2D eigenvalue weighted by Gasteiger charge is 2.31. The first kappa shape index (κ1) is 17.1. The molecule has 126 valence electrons. The Labute approximate surface area is 146 Å². The van der Waals surface area contributed by atoms with E-state index < -0.39 is 5.60 Å². The zero-order chi connectivity index (χ0) is 17.3. The van der Waals surface area contributed by atoms with Gasteiger partial charge < -0.3 is 10.0 Å². The quantitative estimate of drug-likeness (QED) is 0.742. The lowest BCUT2D eigenvalue weighted by Crippen LogP contribution is -2.25. The van der Waals surface area contributed by atoms with Gasteiger partial charge in [-0.3, -0.25) is 0 Å². The smallest absolute Gasteiger partial charge is 0.123 e. The summed E-state index contributed by atoms with van der Waals surface area (Å²) in [4.78, 5) is 3.32. The van der Waals surface area contributed by atoms with Gasteiger partial charge in [0.05, 0.1) is 0 Å². The van der Waals surface area contributed by atoms with Gasteiger partial charge in [-0.05, 0) is 56.6 Å². The first-order chi connectivity index (χ1) is 11.4. The van der Waals surface area contributed by atoms with Crippen LogP contribution in [-0.4, -0.2) is 30.6 Å². The molecule has 0 aliphatic heterocycles. The number of benzene rings is 2. The van der Waals surface area contributed by atoms with Gasteiger partial charge in [0.1, 0.15) is 11.4 Å². The van der Waals surface area contributed by atoms with Gasteiger partial charge in [0.2, 0.25) is 0 Å². The van der Waals surface area contributed by atoms with Crippen molar-refractivity contribution in [1.82, 2.24) is 4.90 Å². The molecular weight excluding hydrogens is 321 g/mol. The van der Waals surface area contributed by atoms with Crippen LogP contribution < -0.4 is 0 Å². The van der Waals surface area contributed by atoms with Gasteiger partial charge in [-0.1, -0.05) is 30.3 Å². The van der Waals surface area contributed by atoms with Gasteiger partial charge in [0.25, 0.3) is 0 Å². The molecule has 0 spiro atoms. The standard InChI is InChI=1S/C20H22FNOS/c1-20(23,14-8-10-15(21)11-9-14)19-16-6-4-5-7-17(16)24-18(19)12-13-22(2)3/h4-11,23H,12-13H2,1-3H3. The SMILES string of the molecule is CN(C)CCc1sc2ccccc2c1C(C)(O)c1ccc(F)cc1. The van der Waals surface area contributed by atoms with Crippen LogP contribution in [0.3, 0.4) is 0 Å². The molecule has 1 heterocycles. The number of hydrogen-bond donors (Lipinski definition) is 1. The lowest BCUT2D eigenvalue weighted by Gasteiger charge is -2.26. The number of likely N-dealkylation sites (N-methyl/N-ethyl adjacent to an activating group) is 1. The maximum Gasteiger partial charge on any atom is 0.123 e. The molecule has 1 atom stereocenters. The second-order valence-corrected chi connectivity index (χ2v) is 7.67. The molecule has 0 aliphatic carbocycles. The molecular formula is C20H22FNOS. The fourth-order valence-corrected chi connectivity index (χ4v) is 4.35. The molecule has 0 saturated heterocycles. The molecule has 4 heteroatoms. The highest BCUT2D eigenvalue weighted by Crippen LogP contribution is 2.41. The lowest BCUT2D eigenvalue weighted by atomic mass is 9.86. The molecule has 1 N–H and O–H groups in total. The van der Waals surface area contributed by atoms with Gasteiger partial charge in [0.15, 0.2) is 0 Å². The molecule has 0 bridgehead atoms. The Kier molecular flexibility index (Phi) is 4.72. The largest absolute Gasteiger partial charge is 0.381 e. The van der Waals surface area contributed by atoms with E-state index in [1.807, 2.05) is 26.2 Å². The minimum Gasteiger partial charge on any atom is -0.381 e. The van der Waals surface area contributed by atoms with Crippen LogP contribution in [0.4, 0.5) is 4.39 Å². The number of fused-ring (bicyclic) bond motifs is 1. The van der Waals surface area contributed by atoms with E-state index in [1.54, 1.807) is 30.4 Å². The monoisotopic (exact) mass is 343 g/mol. The Hall–Kier alpha value is -1.75. The van der Waals surface area contributed by atoms with E-state index in [9.17, 15) is 9.50 Å². The first-order valence-corrected chi connectivity index (χ1v) is 8.85. The molecule has 0 amide bonds. The van der Waals surface area contributed by atoms with Crippen LogP contribution in [0.5, 0.6) is 0 Å². The highest BCUT2D eigenvalue weighted by molar-refractivity contribution is 7.19. The summed E-state index contributed by atoms with van der Waals surface area (Å²) in [6.45, 7) is 2.72. The molecule has 3 aromatic rings. The maximum atomic E-state index is 13.3. The van der Waals surface area contributed by atoms with E-state index in [0.717, 1.165) is 23.9 Å². The van der Waals surface area contributed by atoms with Crippen LogP contribution >= 0.6 is 11.3 Å². The van der Waals surface area contributed by atoms with Gasteiger partial charge in [-0.25, -0.2) is 4.39 Å². The average Bonchev–Trinajstić information content (AvgIpc) is 2.92. The summed E-state index contributed by atoms with van der Waals surface area (Å²) < 4.78 is 14.4. The predicted molar refractivity (Wildman–Crippen MR) is 99.2 cm³/mol. The normalized spacial score (nSPS) is 14.2. The second-order valence-electron chi connectivity index (χ2n) is 6.53. The van der Waals surface area contributed by atoms with E-state index in [2.05, 4.69) is 17.0 Å². The molecule has 3 rings (SSSR count). The number of aliphatic hydroxyl groups is 1. The number of rotatable bonds is 5. The second kappa shape index (κ2) is 6.63. The lowest BCUT2D eigenvalue weighted by molar-refractivity contribution is 0.103. The van der Waals surface area contributed by atoms with Crippen molar-refractivity contribution in [3.05, 3.63) is 70.4 Å². The number of nitrogens with zero attached hydrogens (tertiary/aromatic N) is 1. The fraction of sp³-hybridized carbons (Fsp3) is 0.300. The van der Waals surface area contributed by atoms with Crippen molar-refractivity contribution in [2.24, 2.45) is 0 Å². The molecule has 2 nitrogen and oxygen atoms in total. The minimum atomic E-state index is -1.16. The molecule has 1 aromatic heterocycles. The van der Waals surface area contributed by atoms with Crippen molar-refractivity contribution in [3.63, 3.8) is 0 Å². The van der Waals surface area contributed by atoms with Crippen LogP contribution in [0.25, 0.3) is 10.1 Å². The minimum absolute atomic E-state index is 0.294. The van der Waals surface area contributed by atoms with Crippen molar-refractivity contribution in [1.29, 1.82) is 0 Å². The van der Waals surface area contributed by atoms with E-state index in [0.29, 0.717) is 5.56 Å². The Bertz CT molecular complexity index is 836. The molecule has 2 aromatic carbocycles. The van der Waals surface area contributed by atoms with E-state index in [1.165, 1.54) is 21.7 Å². The average molecular weight is 343 g/mol. The van der Waals surface area contributed by atoms with E-state index >= 15 is 0 Å². The Balaban J connectivity index is 2.14. The molecule has 0 fully saturated rings. The molecule has 0 radical (unpaired) electrons. The number of thiophene rings is 1. The Morgan fingerprint density at radius 2 is 1.75 bits per heavy atom. The summed E-state index contributed by atoms with van der Waals surface area (Å²) in [7, 11) is 4.09. The summed E-state index contributed by atoms with van der Waals surface area (Å²) >= 11 is 1.73. The molecule has 0 saturated carbocycles. The van der Waals surface area contributed by atoms with Crippen LogP contribution in [0.2, 0.25) is 0 Å². The summed E-state index contributed by atoms with van der Waals surface area (Å²) in [6, 6.07) is 14.3. The third-order valence-corrected chi connectivity index (χ3v) is 5.58. The number of hydrogen-bond acceptors (Lipinski definition) is 3. The van der Waals surface area contributed by atoms with E-state index in [4.69, 9.17) is 0 Å². The summed E-state index contributed by atoms with van der Waals surface area (Å²) in [5.41, 5.74) is 0.490. The maximum absolute atomic E-state index is 13.3. The summed E-state index contributed by atoms with van der Waals surface area (Å²) in [5, 5.41) is 12.4. The van der Waals surface area contributed by atoms with Crippen molar-refractivity contribution in [3.8, 4) is 0 Å². The topological polar surface area (TPSA) is 23.5 Å². The van der Waals surface area contributed by atoms with Crippen LogP contribution in [0, 0.1) is 5.82 Å². The van der Waals surface area contributed by atoms with Crippen molar-refractivity contribution < 1.29 is 9.50 Å². The van der Waals surface area contributed by atoms with Crippen molar-refractivity contribution in [2.45, 2.75) is 18.9 Å². The van der Waals surface area contributed by atoms with Crippen molar-refractivity contribution >= 4 is 21.4 Å². The zero-order valence-corrected chi connectivity index (χ0v) is 15.0. The summed E-state index contributed by atoms with van der Waals surface area (Å²) in [5.74, 6) is -0.294. The highest BCUT2D eigenvalue weighted by atomic mass is 32.1. The van der Waals surface area contributed by atoms with Gasteiger partial charge in [-0.15, -0.1) is 11.3 Å². The van der Waals surface area contributed by atoms with Crippen LogP contribution in [-0.2, 0) is 12.0 Å². The first-order valence-electron chi connectivity index (χ1n) is 8.03.